The first-order valence-electron chi connectivity index (χ1n) is 10.8. The van der Waals surface area contributed by atoms with Gasteiger partial charge in [0, 0.05) is 6.20 Å². The second-order valence-electron chi connectivity index (χ2n) is 7.47. The number of benzene rings is 1. The van der Waals surface area contributed by atoms with E-state index in [0.717, 1.165) is 5.56 Å². The highest BCUT2D eigenvalue weighted by atomic mass is 16.5. The Labute approximate surface area is 205 Å². The van der Waals surface area contributed by atoms with Crippen molar-refractivity contribution in [1.29, 1.82) is 10.5 Å². The van der Waals surface area contributed by atoms with Crippen LogP contribution >= 0.6 is 0 Å². The number of nitriles is 2. The zero-order valence-corrected chi connectivity index (χ0v) is 19.1. The Balaban J connectivity index is 1.63. The first-order valence-corrected chi connectivity index (χ1v) is 10.8. The van der Waals surface area contributed by atoms with E-state index in [1.807, 2.05) is 19.1 Å². The molecule has 12 nitrogen and oxygen atoms in total. The van der Waals surface area contributed by atoms with E-state index < -0.39 is 12.0 Å². The number of nitrogens with zero attached hydrogens (tertiary/aromatic N) is 7. The lowest BCUT2D eigenvalue weighted by Crippen LogP contribution is -2.37. The van der Waals surface area contributed by atoms with Crippen molar-refractivity contribution in [2.24, 2.45) is 0 Å². The average Bonchev–Trinajstić information content (AvgIpc) is 3.33. The molecule has 4 aromatic rings. The highest BCUT2D eigenvalue weighted by Gasteiger charge is 2.24. The van der Waals surface area contributed by atoms with Crippen LogP contribution in [0.25, 0.3) is 16.7 Å². The molecule has 12 heteroatoms. The van der Waals surface area contributed by atoms with E-state index in [1.54, 1.807) is 16.8 Å². The van der Waals surface area contributed by atoms with Crippen molar-refractivity contribution < 1.29 is 19.4 Å². The van der Waals surface area contributed by atoms with E-state index in [9.17, 15) is 10.1 Å². The number of aliphatic hydroxyl groups excluding tert-OH is 1. The van der Waals surface area contributed by atoms with Crippen molar-refractivity contribution in [3.05, 3.63) is 65.7 Å². The third-order valence-electron chi connectivity index (χ3n) is 5.18. The van der Waals surface area contributed by atoms with Gasteiger partial charge in [-0.2, -0.15) is 15.6 Å². The molecule has 0 bridgehead atoms. The minimum atomic E-state index is -1.15. The SMILES string of the molecule is Cc1c(C#N)cccc1-n1ncc2c(O[C@@H](COCCO)C(=O)Nc3ccc(C#N)cn3)ncnc21. The largest absolute Gasteiger partial charge is 0.461 e. The molecule has 0 radical (unpaired) electrons. The monoisotopic (exact) mass is 484 g/mol. The zero-order valence-electron chi connectivity index (χ0n) is 19.1. The number of nitrogens with one attached hydrogen (secondary N) is 1. The lowest BCUT2D eigenvalue weighted by Gasteiger charge is -2.18. The molecule has 0 saturated heterocycles. The Hall–Kier alpha value is -4.91. The number of hydrogen-bond donors (Lipinski definition) is 2. The minimum absolute atomic E-state index is 0.00782. The average molecular weight is 484 g/mol. The predicted octanol–water partition coefficient (Wildman–Crippen LogP) is 1.66. The van der Waals surface area contributed by atoms with Crippen molar-refractivity contribution in [3.63, 3.8) is 0 Å². The summed E-state index contributed by atoms with van der Waals surface area (Å²) in [6, 6.07) is 12.4. The molecule has 0 fully saturated rings. The molecule has 2 N–H and O–H groups in total. The molecule has 36 heavy (non-hydrogen) atoms. The Morgan fingerprint density at radius 1 is 1.17 bits per heavy atom. The number of amides is 1. The van der Waals surface area contributed by atoms with Crippen molar-refractivity contribution in [2.75, 3.05) is 25.1 Å². The second-order valence-corrected chi connectivity index (χ2v) is 7.47. The van der Waals surface area contributed by atoms with E-state index in [0.29, 0.717) is 27.8 Å². The summed E-state index contributed by atoms with van der Waals surface area (Å²) in [5, 5.41) is 34.8. The summed E-state index contributed by atoms with van der Waals surface area (Å²) < 4.78 is 12.8. The molecular formula is C24H20N8O4. The van der Waals surface area contributed by atoms with E-state index in [2.05, 4.69) is 31.4 Å². The van der Waals surface area contributed by atoms with Gasteiger partial charge in [-0.15, -0.1) is 0 Å². The van der Waals surface area contributed by atoms with Crippen LogP contribution in [0.4, 0.5) is 5.82 Å². The first-order chi connectivity index (χ1) is 17.5. The van der Waals surface area contributed by atoms with Crippen LogP contribution in [-0.4, -0.2) is 61.7 Å². The van der Waals surface area contributed by atoms with Crippen LogP contribution in [-0.2, 0) is 9.53 Å². The van der Waals surface area contributed by atoms with Crippen molar-refractivity contribution in [1.82, 2.24) is 24.7 Å². The molecule has 0 aliphatic heterocycles. The Morgan fingerprint density at radius 3 is 2.75 bits per heavy atom. The molecule has 3 heterocycles. The minimum Gasteiger partial charge on any atom is -0.461 e. The maximum Gasteiger partial charge on any atom is 0.269 e. The molecule has 4 rings (SSSR count). The third-order valence-corrected chi connectivity index (χ3v) is 5.18. The van der Waals surface area contributed by atoms with Gasteiger partial charge in [0.2, 0.25) is 12.0 Å². The lowest BCUT2D eigenvalue weighted by atomic mass is 10.1. The van der Waals surface area contributed by atoms with Gasteiger partial charge in [-0.25, -0.2) is 19.6 Å². The number of aromatic nitrogens is 5. The van der Waals surface area contributed by atoms with Gasteiger partial charge in [-0.1, -0.05) is 6.07 Å². The number of rotatable bonds is 9. The summed E-state index contributed by atoms with van der Waals surface area (Å²) in [4.78, 5) is 25.5. The van der Waals surface area contributed by atoms with Gasteiger partial charge in [-0.3, -0.25) is 4.79 Å². The first kappa shape index (κ1) is 24.2. The van der Waals surface area contributed by atoms with Crippen LogP contribution in [0.2, 0.25) is 0 Å². The topological polar surface area (TPSA) is 172 Å². The van der Waals surface area contributed by atoms with Gasteiger partial charge in [0.15, 0.2) is 5.65 Å². The fourth-order valence-corrected chi connectivity index (χ4v) is 3.36. The summed E-state index contributed by atoms with van der Waals surface area (Å²) in [5.41, 5.74) is 2.68. The Kier molecular flexibility index (Phi) is 7.41. The van der Waals surface area contributed by atoms with E-state index in [-0.39, 0.29) is 31.5 Å². The van der Waals surface area contributed by atoms with Crippen LogP contribution in [0.15, 0.2) is 49.1 Å². The lowest BCUT2D eigenvalue weighted by molar-refractivity contribution is -0.125. The van der Waals surface area contributed by atoms with Gasteiger partial charge in [0.25, 0.3) is 5.91 Å². The van der Waals surface area contributed by atoms with Crippen LogP contribution in [0, 0.1) is 29.6 Å². The van der Waals surface area contributed by atoms with E-state index in [1.165, 1.54) is 30.9 Å². The smallest absolute Gasteiger partial charge is 0.269 e. The number of anilines is 1. The number of carbonyl (C=O) groups is 1. The second kappa shape index (κ2) is 11.0. The number of aliphatic hydroxyl groups is 1. The highest BCUT2D eigenvalue weighted by molar-refractivity contribution is 5.94. The van der Waals surface area contributed by atoms with Gasteiger partial charge in [-0.05, 0) is 36.8 Å². The molecule has 1 amide bonds. The van der Waals surface area contributed by atoms with Crippen LogP contribution in [0.5, 0.6) is 5.88 Å². The third kappa shape index (κ3) is 5.10. The normalized spacial score (nSPS) is 11.4. The summed E-state index contributed by atoms with van der Waals surface area (Å²) in [6.07, 6.45) is 2.97. The molecule has 0 unspecified atom stereocenters. The van der Waals surface area contributed by atoms with E-state index >= 15 is 0 Å². The molecular weight excluding hydrogens is 464 g/mol. The maximum absolute atomic E-state index is 13.0. The van der Waals surface area contributed by atoms with Crippen molar-refractivity contribution in [3.8, 4) is 23.7 Å². The fraction of sp³-hybridized carbons (Fsp3) is 0.208. The number of pyridine rings is 1. The highest BCUT2D eigenvalue weighted by Crippen LogP contribution is 2.26. The molecule has 1 aromatic carbocycles. The molecule has 3 aromatic heterocycles. The molecule has 0 aliphatic rings. The van der Waals surface area contributed by atoms with Gasteiger partial charge in [0.1, 0.15) is 23.6 Å². The van der Waals surface area contributed by atoms with Gasteiger partial charge in [0.05, 0.1) is 48.9 Å². The number of ether oxygens (including phenoxy) is 2. The number of carbonyl (C=O) groups excluding carboxylic acids is 1. The Morgan fingerprint density at radius 2 is 2.03 bits per heavy atom. The van der Waals surface area contributed by atoms with Crippen LogP contribution in [0.1, 0.15) is 16.7 Å². The fourth-order valence-electron chi connectivity index (χ4n) is 3.36. The summed E-state index contributed by atoms with van der Waals surface area (Å²) in [7, 11) is 0. The van der Waals surface area contributed by atoms with Crippen molar-refractivity contribution in [2.45, 2.75) is 13.0 Å². The van der Waals surface area contributed by atoms with Gasteiger partial charge < -0.3 is 19.9 Å². The standard InChI is InChI=1S/C24H20N8O4/c1-15-17(10-26)3-2-4-19(15)32-22-18(12-30-32)24(29-14-28-22)36-20(13-35-8-7-33)23(34)31-21-6-5-16(9-25)11-27-21/h2-6,11-12,14,20,33H,7-8,13H2,1H3,(H,27,31,34)/t20-/m0/s1. The predicted molar refractivity (Wildman–Crippen MR) is 126 cm³/mol. The zero-order chi connectivity index (χ0) is 25.5. The van der Waals surface area contributed by atoms with E-state index in [4.69, 9.17) is 19.8 Å². The maximum atomic E-state index is 13.0. The number of hydrogen-bond acceptors (Lipinski definition) is 10. The molecule has 0 spiro atoms. The summed E-state index contributed by atoms with van der Waals surface area (Å²) in [6.45, 7) is 1.42. The van der Waals surface area contributed by atoms with Gasteiger partial charge >= 0.3 is 0 Å². The molecule has 1 atom stereocenters. The van der Waals surface area contributed by atoms with Crippen LogP contribution < -0.4 is 10.1 Å². The Bertz CT molecular complexity index is 1470. The molecule has 0 aliphatic carbocycles. The molecule has 0 saturated carbocycles. The quantitative estimate of drug-likeness (QED) is 0.333. The number of fused-ring (bicyclic) bond motifs is 1. The molecule has 180 valence electrons. The summed E-state index contributed by atoms with van der Waals surface area (Å²) >= 11 is 0. The summed E-state index contributed by atoms with van der Waals surface area (Å²) in [5.74, 6) is -0.244. The van der Waals surface area contributed by atoms with Crippen LogP contribution in [0.3, 0.4) is 0 Å². The van der Waals surface area contributed by atoms with Crippen molar-refractivity contribution >= 4 is 22.8 Å².